The summed E-state index contributed by atoms with van der Waals surface area (Å²) in [6.45, 7) is 6.84. The fraction of sp³-hybridized carbons (Fsp3) is 0.333. The lowest BCUT2D eigenvalue weighted by atomic mass is 9.90. The molecule has 3 heteroatoms. The monoisotopic (exact) mass is 337 g/mol. The molecule has 24 heavy (non-hydrogen) atoms. The Morgan fingerprint density at radius 2 is 2.08 bits per heavy atom. The Labute approximate surface area is 148 Å². The lowest BCUT2D eigenvalue weighted by molar-refractivity contribution is 0.307. The first-order valence-corrected chi connectivity index (χ1v) is 9.48. The van der Waals surface area contributed by atoms with E-state index in [1.165, 1.54) is 27.1 Å². The van der Waals surface area contributed by atoms with Crippen molar-refractivity contribution in [1.29, 1.82) is 0 Å². The minimum absolute atomic E-state index is 0.670. The van der Waals surface area contributed by atoms with Crippen LogP contribution in [0, 0.1) is 0 Å². The van der Waals surface area contributed by atoms with Gasteiger partial charge in [0.25, 0.3) is 0 Å². The SMILES string of the molecule is C=CCc1ccc2c(c1)C(=C1CCN(C)CC1)c1sccc1CO2. The van der Waals surface area contributed by atoms with E-state index in [1.54, 1.807) is 5.57 Å². The molecule has 3 heterocycles. The third kappa shape index (κ3) is 2.83. The molecule has 0 amide bonds. The average molecular weight is 337 g/mol. The van der Waals surface area contributed by atoms with Gasteiger partial charge >= 0.3 is 0 Å². The van der Waals surface area contributed by atoms with Crippen LogP contribution in [0.25, 0.3) is 5.57 Å². The van der Waals surface area contributed by atoms with E-state index in [4.69, 9.17) is 4.74 Å². The van der Waals surface area contributed by atoms with E-state index in [2.05, 4.69) is 48.2 Å². The molecule has 1 saturated heterocycles. The number of thiophene rings is 1. The number of likely N-dealkylation sites (tertiary alicyclic amines) is 1. The average Bonchev–Trinajstić information content (AvgIpc) is 2.99. The summed E-state index contributed by atoms with van der Waals surface area (Å²) in [6, 6.07) is 8.83. The van der Waals surface area contributed by atoms with Crippen LogP contribution in [0.3, 0.4) is 0 Å². The Bertz CT molecular complexity index is 792. The van der Waals surface area contributed by atoms with E-state index < -0.39 is 0 Å². The second kappa shape index (κ2) is 6.58. The van der Waals surface area contributed by atoms with E-state index in [-0.39, 0.29) is 0 Å². The Kier molecular flexibility index (Phi) is 4.30. The highest BCUT2D eigenvalue weighted by Crippen LogP contribution is 2.43. The largest absolute Gasteiger partial charge is 0.488 e. The van der Waals surface area contributed by atoms with E-state index in [1.807, 2.05) is 17.4 Å². The summed E-state index contributed by atoms with van der Waals surface area (Å²) >= 11 is 1.85. The van der Waals surface area contributed by atoms with E-state index in [0.29, 0.717) is 6.61 Å². The molecule has 0 atom stereocenters. The van der Waals surface area contributed by atoms with Crippen molar-refractivity contribution in [2.24, 2.45) is 0 Å². The molecule has 1 fully saturated rings. The molecule has 2 aliphatic rings. The number of benzene rings is 1. The second-order valence-electron chi connectivity index (χ2n) is 6.67. The predicted molar refractivity (Wildman–Crippen MR) is 102 cm³/mol. The summed E-state index contributed by atoms with van der Waals surface area (Å²) in [7, 11) is 2.21. The first kappa shape index (κ1) is 15.7. The lowest BCUT2D eigenvalue weighted by Crippen LogP contribution is -2.26. The molecule has 0 aliphatic carbocycles. The Hall–Kier alpha value is -1.84. The smallest absolute Gasteiger partial charge is 0.127 e. The number of hydrogen-bond donors (Lipinski definition) is 0. The van der Waals surface area contributed by atoms with Crippen LogP contribution in [-0.4, -0.2) is 25.0 Å². The molecule has 2 aromatic rings. The van der Waals surface area contributed by atoms with Crippen molar-refractivity contribution in [1.82, 2.24) is 4.90 Å². The molecule has 1 aromatic carbocycles. The number of rotatable bonds is 2. The minimum atomic E-state index is 0.670. The van der Waals surface area contributed by atoms with Gasteiger partial charge in [-0.05, 0) is 55.5 Å². The summed E-state index contributed by atoms with van der Waals surface area (Å²) in [5.74, 6) is 1.02. The maximum atomic E-state index is 6.14. The van der Waals surface area contributed by atoms with Gasteiger partial charge in [0.15, 0.2) is 0 Å². The molecule has 124 valence electrons. The highest BCUT2D eigenvalue weighted by molar-refractivity contribution is 7.11. The first-order chi connectivity index (χ1) is 11.8. The lowest BCUT2D eigenvalue weighted by Gasteiger charge is -2.26. The Morgan fingerprint density at radius 3 is 2.88 bits per heavy atom. The number of nitrogens with zero attached hydrogens (tertiary/aromatic N) is 1. The van der Waals surface area contributed by atoms with Crippen LogP contribution in [0.4, 0.5) is 0 Å². The van der Waals surface area contributed by atoms with Gasteiger partial charge in [0.2, 0.25) is 0 Å². The van der Waals surface area contributed by atoms with Gasteiger partial charge in [0.05, 0.1) is 0 Å². The number of allylic oxidation sites excluding steroid dienone is 1. The summed E-state index contributed by atoms with van der Waals surface area (Å²) in [4.78, 5) is 3.82. The zero-order valence-electron chi connectivity index (χ0n) is 14.2. The van der Waals surface area contributed by atoms with Crippen LogP contribution >= 0.6 is 11.3 Å². The molecule has 2 aliphatic heterocycles. The fourth-order valence-corrected chi connectivity index (χ4v) is 4.65. The predicted octanol–water partition coefficient (Wildman–Crippen LogP) is 4.90. The third-order valence-corrected chi connectivity index (χ3v) is 5.97. The van der Waals surface area contributed by atoms with Crippen LogP contribution in [0.2, 0.25) is 0 Å². The number of fused-ring (bicyclic) bond motifs is 2. The number of ether oxygens (including phenoxy) is 1. The van der Waals surface area contributed by atoms with E-state index >= 15 is 0 Å². The maximum Gasteiger partial charge on any atom is 0.127 e. The topological polar surface area (TPSA) is 12.5 Å². The van der Waals surface area contributed by atoms with Gasteiger partial charge in [0.1, 0.15) is 12.4 Å². The summed E-state index contributed by atoms with van der Waals surface area (Å²) in [6.07, 6.45) is 5.16. The van der Waals surface area contributed by atoms with Gasteiger partial charge in [-0.25, -0.2) is 0 Å². The van der Waals surface area contributed by atoms with Crippen molar-refractivity contribution in [3.63, 3.8) is 0 Å². The van der Waals surface area contributed by atoms with Gasteiger partial charge in [-0.1, -0.05) is 17.7 Å². The molecule has 0 spiro atoms. The van der Waals surface area contributed by atoms with Crippen LogP contribution in [-0.2, 0) is 13.0 Å². The van der Waals surface area contributed by atoms with Crippen molar-refractivity contribution in [3.05, 3.63) is 69.4 Å². The zero-order chi connectivity index (χ0) is 16.5. The first-order valence-electron chi connectivity index (χ1n) is 8.60. The number of piperidine rings is 1. The summed E-state index contributed by atoms with van der Waals surface area (Å²) < 4.78 is 6.14. The molecule has 0 radical (unpaired) electrons. The van der Waals surface area contributed by atoms with Crippen molar-refractivity contribution in [2.45, 2.75) is 25.9 Å². The van der Waals surface area contributed by atoms with E-state index in [9.17, 15) is 0 Å². The normalized spacial score (nSPS) is 17.7. The molecule has 2 nitrogen and oxygen atoms in total. The maximum absolute atomic E-state index is 6.14. The van der Waals surface area contributed by atoms with Gasteiger partial charge < -0.3 is 9.64 Å². The number of hydrogen-bond acceptors (Lipinski definition) is 3. The summed E-state index contributed by atoms with van der Waals surface area (Å²) in [5.41, 5.74) is 6.92. The van der Waals surface area contributed by atoms with Crippen molar-refractivity contribution < 1.29 is 4.74 Å². The van der Waals surface area contributed by atoms with E-state index in [0.717, 1.165) is 38.1 Å². The van der Waals surface area contributed by atoms with Gasteiger partial charge in [0, 0.05) is 34.7 Å². The molecular formula is C21H23NOS. The fourth-order valence-electron chi connectivity index (χ4n) is 3.63. The quantitative estimate of drug-likeness (QED) is 0.723. The van der Waals surface area contributed by atoms with Crippen molar-refractivity contribution in [3.8, 4) is 5.75 Å². The van der Waals surface area contributed by atoms with Crippen molar-refractivity contribution in [2.75, 3.05) is 20.1 Å². The van der Waals surface area contributed by atoms with Gasteiger partial charge in [-0.15, -0.1) is 17.9 Å². The van der Waals surface area contributed by atoms with Crippen LogP contribution in [0.1, 0.15) is 34.4 Å². The second-order valence-corrected chi connectivity index (χ2v) is 7.58. The molecule has 0 N–H and O–H groups in total. The minimum Gasteiger partial charge on any atom is -0.488 e. The molecule has 0 saturated carbocycles. The Balaban J connectivity index is 1.90. The van der Waals surface area contributed by atoms with Crippen LogP contribution in [0.5, 0.6) is 5.75 Å². The Morgan fingerprint density at radius 1 is 1.25 bits per heavy atom. The molecule has 1 aromatic heterocycles. The zero-order valence-corrected chi connectivity index (χ0v) is 15.0. The third-order valence-electron chi connectivity index (χ3n) is 4.99. The van der Waals surface area contributed by atoms with Gasteiger partial charge in [-0.3, -0.25) is 0 Å². The van der Waals surface area contributed by atoms with Crippen LogP contribution < -0.4 is 4.74 Å². The standard InChI is InChI=1S/C21H23NOS/c1-3-4-15-5-6-19-18(13-15)20(16-7-10-22(2)11-8-16)21-17(14-23-19)9-12-24-21/h3,5-6,9,12-13H,1,4,7-8,10-11,14H2,2H3. The summed E-state index contributed by atoms with van der Waals surface area (Å²) in [5, 5.41) is 2.20. The molecule has 0 bridgehead atoms. The highest BCUT2D eigenvalue weighted by atomic mass is 32.1. The molecule has 4 rings (SSSR count). The van der Waals surface area contributed by atoms with Gasteiger partial charge in [-0.2, -0.15) is 0 Å². The molecular weight excluding hydrogens is 314 g/mol. The molecule has 0 unspecified atom stereocenters. The van der Waals surface area contributed by atoms with Crippen LogP contribution in [0.15, 0.2) is 47.9 Å². The highest BCUT2D eigenvalue weighted by Gasteiger charge is 2.25. The van der Waals surface area contributed by atoms with Crippen molar-refractivity contribution >= 4 is 16.9 Å².